The Labute approximate surface area is 169 Å². The minimum Gasteiger partial charge on any atom is -0.492 e. The van der Waals surface area contributed by atoms with Gasteiger partial charge < -0.3 is 14.8 Å². The summed E-state index contributed by atoms with van der Waals surface area (Å²) in [5, 5.41) is 3.36. The summed E-state index contributed by atoms with van der Waals surface area (Å²) in [5.74, 6) is 0.367. The van der Waals surface area contributed by atoms with Gasteiger partial charge in [-0.15, -0.1) is 0 Å². The van der Waals surface area contributed by atoms with Crippen molar-refractivity contribution in [2.75, 3.05) is 39.5 Å². The second-order valence-electron chi connectivity index (χ2n) is 6.10. The number of benzene rings is 2. The van der Waals surface area contributed by atoms with Gasteiger partial charge in [-0.1, -0.05) is 11.6 Å². The van der Waals surface area contributed by atoms with E-state index in [4.69, 9.17) is 21.1 Å². The van der Waals surface area contributed by atoms with Gasteiger partial charge in [-0.2, -0.15) is 4.31 Å². The largest absolute Gasteiger partial charge is 0.492 e. The molecule has 9 heteroatoms. The highest BCUT2D eigenvalue weighted by Gasteiger charge is 2.26. The van der Waals surface area contributed by atoms with Crippen LogP contribution in [0.4, 0.5) is 0 Å². The number of hydrogen-bond donors (Lipinski definition) is 1. The number of carbonyl (C=O) groups excluding carboxylic acids is 1. The molecule has 0 unspecified atom stereocenters. The number of nitrogens with zero attached hydrogens (tertiary/aromatic N) is 1. The van der Waals surface area contributed by atoms with E-state index in [1.54, 1.807) is 24.3 Å². The molecule has 0 spiro atoms. The zero-order chi connectivity index (χ0) is 20.0. The van der Waals surface area contributed by atoms with Gasteiger partial charge in [-0.25, -0.2) is 8.42 Å². The highest BCUT2D eigenvalue weighted by Crippen LogP contribution is 2.18. The summed E-state index contributed by atoms with van der Waals surface area (Å²) in [7, 11) is -3.57. The number of hydrogen-bond acceptors (Lipinski definition) is 5. The minimum absolute atomic E-state index is 0.164. The lowest BCUT2D eigenvalue weighted by Gasteiger charge is -2.26. The molecule has 0 atom stereocenters. The first-order valence-corrected chi connectivity index (χ1v) is 10.6. The van der Waals surface area contributed by atoms with Crippen LogP contribution in [0.1, 0.15) is 10.4 Å². The third kappa shape index (κ3) is 5.23. The molecule has 1 aliphatic rings. The molecule has 150 valence electrons. The molecule has 28 heavy (non-hydrogen) atoms. The fraction of sp³-hybridized carbons (Fsp3) is 0.316. The summed E-state index contributed by atoms with van der Waals surface area (Å²) in [6.07, 6.45) is 0. The number of morpholine rings is 1. The Morgan fingerprint density at radius 2 is 1.71 bits per heavy atom. The Morgan fingerprint density at radius 3 is 2.36 bits per heavy atom. The summed E-state index contributed by atoms with van der Waals surface area (Å²) in [6, 6.07) is 12.8. The quantitative estimate of drug-likeness (QED) is 0.688. The van der Waals surface area contributed by atoms with E-state index in [9.17, 15) is 13.2 Å². The topological polar surface area (TPSA) is 84.9 Å². The lowest BCUT2D eigenvalue weighted by molar-refractivity contribution is 0.0730. The maximum Gasteiger partial charge on any atom is 0.251 e. The molecule has 0 saturated carbocycles. The zero-order valence-electron chi connectivity index (χ0n) is 15.1. The molecule has 0 aliphatic carbocycles. The van der Waals surface area contributed by atoms with Gasteiger partial charge in [0, 0.05) is 23.7 Å². The van der Waals surface area contributed by atoms with Gasteiger partial charge in [-0.3, -0.25) is 4.79 Å². The van der Waals surface area contributed by atoms with Gasteiger partial charge in [-0.05, 0) is 48.5 Å². The summed E-state index contributed by atoms with van der Waals surface area (Å²) in [4.78, 5) is 12.4. The summed E-state index contributed by atoms with van der Waals surface area (Å²) >= 11 is 5.81. The van der Waals surface area contributed by atoms with Crippen LogP contribution in [0.3, 0.4) is 0 Å². The molecule has 2 aromatic rings. The first-order chi connectivity index (χ1) is 13.5. The molecule has 0 radical (unpaired) electrons. The molecule has 1 amide bonds. The van der Waals surface area contributed by atoms with Gasteiger partial charge >= 0.3 is 0 Å². The second-order valence-corrected chi connectivity index (χ2v) is 8.47. The molecule has 3 rings (SSSR count). The summed E-state index contributed by atoms with van der Waals surface area (Å²) < 4.78 is 37.2. The highest BCUT2D eigenvalue weighted by atomic mass is 35.5. The van der Waals surface area contributed by atoms with Crippen LogP contribution >= 0.6 is 11.6 Å². The average molecular weight is 425 g/mol. The fourth-order valence-corrected chi connectivity index (χ4v) is 4.21. The first kappa shape index (κ1) is 20.6. The number of rotatable bonds is 7. The molecule has 1 N–H and O–H groups in total. The first-order valence-electron chi connectivity index (χ1n) is 8.81. The van der Waals surface area contributed by atoms with E-state index in [1.165, 1.54) is 28.6 Å². The normalized spacial score (nSPS) is 15.2. The monoisotopic (exact) mass is 424 g/mol. The van der Waals surface area contributed by atoms with Crippen molar-refractivity contribution in [1.82, 2.24) is 9.62 Å². The second kappa shape index (κ2) is 9.38. The van der Waals surface area contributed by atoms with Crippen LogP contribution < -0.4 is 10.1 Å². The number of nitrogens with one attached hydrogen (secondary N) is 1. The van der Waals surface area contributed by atoms with Crippen LogP contribution in [0.5, 0.6) is 5.75 Å². The third-order valence-corrected chi connectivity index (χ3v) is 6.36. The Morgan fingerprint density at radius 1 is 1.07 bits per heavy atom. The average Bonchev–Trinajstić information content (AvgIpc) is 2.73. The van der Waals surface area contributed by atoms with E-state index in [1.807, 2.05) is 0 Å². The standard InChI is InChI=1S/C19H21ClN2O5S/c20-16-3-5-17(6-4-16)27-12-9-21-19(23)15-1-7-18(8-2-15)28(24,25)22-10-13-26-14-11-22/h1-8H,9-14H2,(H,21,23). The van der Waals surface area contributed by atoms with E-state index >= 15 is 0 Å². The fourth-order valence-electron chi connectivity index (χ4n) is 2.68. The van der Waals surface area contributed by atoms with Crippen LogP contribution in [-0.4, -0.2) is 58.1 Å². The van der Waals surface area contributed by atoms with Crippen molar-refractivity contribution in [2.45, 2.75) is 4.90 Å². The van der Waals surface area contributed by atoms with Crippen molar-refractivity contribution in [2.24, 2.45) is 0 Å². The van der Waals surface area contributed by atoms with Crippen LogP contribution in [-0.2, 0) is 14.8 Å². The smallest absolute Gasteiger partial charge is 0.251 e. The molecule has 1 aliphatic heterocycles. The predicted molar refractivity (Wildman–Crippen MR) is 105 cm³/mol. The number of halogens is 1. The van der Waals surface area contributed by atoms with Gasteiger partial charge in [0.2, 0.25) is 10.0 Å². The summed E-state index contributed by atoms with van der Waals surface area (Å²) in [5.41, 5.74) is 0.382. The van der Waals surface area contributed by atoms with Crippen LogP contribution in [0.15, 0.2) is 53.4 Å². The van der Waals surface area contributed by atoms with Crippen molar-refractivity contribution in [3.63, 3.8) is 0 Å². The van der Waals surface area contributed by atoms with Crippen LogP contribution in [0.2, 0.25) is 5.02 Å². The van der Waals surface area contributed by atoms with Crippen LogP contribution in [0.25, 0.3) is 0 Å². The molecular formula is C19H21ClN2O5S. The van der Waals surface area contributed by atoms with Crippen molar-refractivity contribution in [3.05, 3.63) is 59.1 Å². The van der Waals surface area contributed by atoms with Gasteiger partial charge in [0.1, 0.15) is 12.4 Å². The van der Waals surface area contributed by atoms with Crippen molar-refractivity contribution < 1.29 is 22.7 Å². The lowest BCUT2D eigenvalue weighted by atomic mass is 10.2. The SMILES string of the molecule is O=C(NCCOc1ccc(Cl)cc1)c1ccc(S(=O)(=O)N2CCOCC2)cc1. The number of ether oxygens (including phenoxy) is 2. The molecule has 0 bridgehead atoms. The molecule has 0 aromatic heterocycles. The third-order valence-electron chi connectivity index (χ3n) is 4.19. The predicted octanol–water partition coefficient (Wildman–Crippen LogP) is 2.17. The summed E-state index contributed by atoms with van der Waals surface area (Å²) in [6.45, 7) is 2.05. The van der Waals surface area contributed by atoms with Crippen LogP contribution in [0, 0.1) is 0 Å². The maximum absolute atomic E-state index is 12.6. The molecule has 2 aromatic carbocycles. The molecule has 7 nitrogen and oxygen atoms in total. The zero-order valence-corrected chi connectivity index (χ0v) is 16.7. The Kier molecular flexibility index (Phi) is 6.90. The highest BCUT2D eigenvalue weighted by molar-refractivity contribution is 7.89. The Hall–Kier alpha value is -2.13. The van der Waals surface area contributed by atoms with E-state index < -0.39 is 10.0 Å². The number of carbonyl (C=O) groups is 1. The Bertz CT molecular complexity index is 895. The van der Waals surface area contributed by atoms with Crippen molar-refractivity contribution in [1.29, 1.82) is 0 Å². The number of amides is 1. The Balaban J connectivity index is 1.51. The van der Waals surface area contributed by atoms with E-state index in [-0.39, 0.29) is 10.8 Å². The molecule has 1 fully saturated rings. The maximum atomic E-state index is 12.6. The van der Waals surface area contributed by atoms with E-state index in [0.29, 0.717) is 55.8 Å². The van der Waals surface area contributed by atoms with Crippen molar-refractivity contribution in [3.8, 4) is 5.75 Å². The van der Waals surface area contributed by atoms with E-state index in [0.717, 1.165) is 0 Å². The lowest BCUT2D eigenvalue weighted by Crippen LogP contribution is -2.40. The minimum atomic E-state index is -3.57. The molecule has 1 heterocycles. The van der Waals surface area contributed by atoms with Crippen molar-refractivity contribution >= 4 is 27.5 Å². The van der Waals surface area contributed by atoms with Gasteiger partial charge in [0.15, 0.2) is 0 Å². The number of sulfonamides is 1. The van der Waals surface area contributed by atoms with E-state index in [2.05, 4.69) is 5.32 Å². The molecule has 1 saturated heterocycles. The van der Waals surface area contributed by atoms with Gasteiger partial charge in [0.25, 0.3) is 5.91 Å². The molecular weight excluding hydrogens is 404 g/mol. The van der Waals surface area contributed by atoms with Gasteiger partial charge in [0.05, 0.1) is 24.7 Å².